The van der Waals surface area contributed by atoms with Crippen LogP contribution in [0.2, 0.25) is 0 Å². The molecule has 0 unspecified atom stereocenters. The molecule has 1 fully saturated rings. The van der Waals surface area contributed by atoms with Crippen molar-refractivity contribution in [3.8, 4) is 11.5 Å². The Morgan fingerprint density at radius 2 is 2.03 bits per heavy atom. The zero-order chi connectivity index (χ0) is 20.8. The predicted molar refractivity (Wildman–Crippen MR) is 110 cm³/mol. The second-order valence-electron chi connectivity index (χ2n) is 7.00. The molecule has 0 amide bonds. The fraction of sp³-hybridized carbons (Fsp3) is 0.333. The lowest BCUT2D eigenvalue weighted by molar-refractivity contribution is -0.159. The Labute approximate surface area is 173 Å². The average Bonchev–Trinajstić information content (AvgIpc) is 2.68. The maximum Gasteiger partial charge on any atom is 0.317 e. The lowest BCUT2D eigenvalue weighted by Crippen LogP contribution is -2.71. The molecule has 0 aliphatic carbocycles. The molecule has 0 saturated carbocycles. The van der Waals surface area contributed by atoms with E-state index in [0.717, 1.165) is 5.56 Å². The summed E-state index contributed by atoms with van der Waals surface area (Å²) in [5.41, 5.74) is 0.150. The van der Waals surface area contributed by atoms with Crippen molar-refractivity contribution in [3.05, 3.63) is 53.8 Å². The van der Waals surface area contributed by atoms with Crippen LogP contribution in [0, 0.1) is 11.7 Å². The number of para-hydroxylation sites is 1. The summed E-state index contributed by atoms with van der Waals surface area (Å²) in [6, 6.07) is 10.9. The summed E-state index contributed by atoms with van der Waals surface area (Å²) in [7, 11) is 1.56. The van der Waals surface area contributed by atoms with Gasteiger partial charge in [-0.1, -0.05) is 12.1 Å². The number of halogens is 1. The molecule has 8 heteroatoms. The van der Waals surface area contributed by atoms with Crippen LogP contribution in [0.15, 0.2) is 42.5 Å². The van der Waals surface area contributed by atoms with Gasteiger partial charge in [-0.3, -0.25) is 9.69 Å². The molecule has 2 aliphatic heterocycles. The molecule has 152 valence electrons. The number of fused-ring (bicyclic) bond motifs is 4. The zero-order valence-electron chi connectivity index (χ0n) is 16.3. The largest absolute Gasteiger partial charge is 0.493 e. The topological polar surface area (TPSA) is 60.0 Å². The van der Waals surface area contributed by atoms with E-state index in [4.69, 9.17) is 26.4 Å². The third-order valence-corrected chi connectivity index (χ3v) is 5.64. The van der Waals surface area contributed by atoms with E-state index < -0.39 is 23.7 Å². The number of hydrogen-bond donors (Lipinski definition) is 1. The normalized spacial score (nSPS) is 24.8. The molecule has 4 rings (SSSR count). The van der Waals surface area contributed by atoms with E-state index in [1.54, 1.807) is 44.1 Å². The van der Waals surface area contributed by atoms with E-state index >= 15 is 0 Å². The summed E-state index contributed by atoms with van der Waals surface area (Å²) in [5, 5.41) is 3.63. The second-order valence-corrected chi connectivity index (χ2v) is 7.39. The molecular formula is C21H21FN2O4S. The predicted octanol–water partition coefficient (Wildman–Crippen LogP) is 3.56. The Hall–Kier alpha value is -2.87. The minimum atomic E-state index is -1.21. The lowest BCUT2D eigenvalue weighted by Gasteiger charge is -2.55. The molecule has 0 radical (unpaired) electrons. The molecule has 1 saturated heterocycles. The Morgan fingerprint density at radius 1 is 1.31 bits per heavy atom. The summed E-state index contributed by atoms with van der Waals surface area (Å²) in [6.07, 6.45) is 0. The monoisotopic (exact) mass is 416 g/mol. The van der Waals surface area contributed by atoms with E-state index in [-0.39, 0.29) is 12.4 Å². The highest BCUT2D eigenvalue weighted by Crippen LogP contribution is 2.52. The molecule has 0 spiro atoms. The van der Waals surface area contributed by atoms with Crippen LogP contribution in [0.4, 0.5) is 10.1 Å². The van der Waals surface area contributed by atoms with Crippen LogP contribution in [-0.2, 0) is 9.53 Å². The van der Waals surface area contributed by atoms with Crippen LogP contribution in [0.25, 0.3) is 0 Å². The van der Waals surface area contributed by atoms with Gasteiger partial charge >= 0.3 is 5.97 Å². The maximum atomic E-state index is 13.5. The van der Waals surface area contributed by atoms with Gasteiger partial charge in [0.05, 0.1) is 19.8 Å². The molecule has 2 aromatic rings. The Kier molecular flexibility index (Phi) is 4.82. The van der Waals surface area contributed by atoms with Crippen LogP contribution < -0.4 is 19.7 Å². The van der Waals surface area contributed by atoms with Gasteiger partial charge in [-0.05, 0) is 56.4 Å². The number of nitrogens with zero attached hydrogens (tertiary/aromatic N) is 1. The van der Waals surface area contributed by atoms with Crippen molar-refractivity contribution in [1.29, 1.82) is 0 Å². The number of carbonyl (C=O) groups excluding carboxylic acids is 1. The molecule has 1 N–H and O–H groups in total. The number of methoxy groups -OCH3 is 1. The van der Waals surface area contributed by atoms with Gasteiger partial charge in [-0.25, -0.2) is 4.39 Å². The fourth-order valence-electron chi connectivity index (χ4n) is 4.10. The van der Waals surface area contributed by atoms with E-state index in [0.29, 0.717) is 22.3 Å². The van der Waals surface area contributed by atoms with Crippen LogP contribution in [0.1, 0.15) is 25.5 Å². The summed E-state index contributed by atoms with van der Waals surface area (Å²) in [6.45, 7) is 3.78. The van der Waals surface area contributed by atoms with Crippen LogP contribution in [0.5, 0.6) is 11.5 Å². The summed E-state index contributed by atoms with van der Waals surface area (Å²) in [5.74, 6) is -0.416. The van der Waals surface area contributed by atoms with E-state index in [2.05, 4.69) is 5.32 Å². The molecule has 29 heavy (non-hydrogen) atoms. The first-order chi connectivity index (χ1) is 13.9. The number of rotatable bonds is 4. The van der Waals surface area contributed by atoms with Gasteiger partial charge in [-0.15, -0.1) is 0 Å². The van der Waals surface area contributed by atoms with Crippen molar-refractivity contribution in [3.63, 3.8) is 0 Å². The molecule has 3 atom stereocenters. The van der Waals surface area contributed by atoms with Gasteiger partial charge in [-0.2, -0.15) is 0 Å². The van der Waals surface area contributed by atoms with Crippen molar-refractivity contribution < 1.29 is 23.4 Å². The lowest BCUT2D eigenvalue weighted by atomic mass is 9.79. The standard InChI is InChI=1S/C21H21FN2O4S/c1-4-27-19(25)16-17-14-6-5-7-15(26-3)18(14)28-21(16,2)24(20(29)23-17)13-10-8-12(22)9-11-13/h5-11,16-17H,4H2,1-3H3,(H,23,29)/t16-,17+,21+/m1/s1. The minimum Gasteiger partial charge on any atom is -0.493 e. The number of anilines is 1. The van der Waals surface area contributed by atoms with Crippen LogP contribution in [0.3, 0.4) is 0 Å². The number of ether oxygens (including phenoxy) is 3. The first-order valence-electron chi connectivity index (χ1n) is 9.29. The summed E-state index contributed by atoms with van der Waals surface area (Å²) >= 11 is 5.62. The average molecular weight is 416 g/mol. The third-order valence-electron chi connectivity index (χ3n) is 5.33. The van der Waals surface area contributed by atoms with Gasteiger partial charge in [0.2, 0.25) is 5.72 Å². The van der Waals surface area contributed by atoms with E-state index in [1.807, 2.05) is 12.1 Å². The molecule has 2 aliphatic rings. The number of esters is 1. The van der Waals surface area contributed by atoms with E-state index in [9.17, 15) is 9.18 Å². The first kappa shape index (κ1) is 19.4. The SMILES string of the molecule is CCOC(=O)[C@H]1[C@H]2NC(=S)N(c3ccc(F)cc3)[C@@]1(C)Oc1c(OC)cccc12. The van der Waals surface area contributed by atoms with Crippen LogP contribution in [-0.4, -0.2) is 30.5 Å². The minimum absolute atomic E-state index is 0.240. The third kappa shape index (κ3) is 2.98. The number of nitrogens with one attached hydrogen (secondary N) is 1. The van der Waals surface area contributed by atoms with Gasteiger partial charge in [0, 0.05) is 11.3 Å². The Morgan fingerprint density at radius 3 is 2.69 bits per heavy atom. The summed E-state index contributed by atoms with van der Waals surface area (Å²) in [4.78, 5) is 14.7. The van der Waals surface area contributed by atoms with Gasteiger partial charge < -0.3 is 19.5 Å². The second kappa shape index (κ2) is 7.18. The van der Waals surface area contributed by atoms with Crippen molar-refractivity contribution in [2.24, 2.45) is 5.92 Å². The molecule has 0 aromatic heterocycles. The van der Waals surface area contributed by atoms with Crippen molar-refractivity contribution >= 4 is 29.0 Å². The highest BCUT2D eigenvalue weighted by molar-refractivity contribution is 7.80. The van der Waals surface area contributed by atoms with Crippen molar-refractivity contribution in [2.45, 2.75) is 25.6 Å². The summed E-state index contributed by atoms with van der Waals surface area (Å²) < 4.78 is 30.8. The Bertz CT molecular complexity index is 968. The number of carbonyl (C=O) groups is 1. The molecule has 2 bridgehead atoms. The maximum absolute atomic E-state index is 13.5. The molecule has 6 nitrogen and oxygen atoms in total. The van der Waals surface area contributed by atoms with Crippen LogP contribution >= 0.6 is 12.2 Å². The molecular weight excluding hydrogens is 395 g/mol. The van der Waals surface area contributed by atoms with Gasteiger partial charge in [0.15, 0.2) is 16.6 Å². The number of thiocarbonyl (C=S) groups is 1. The number of benzene rings is 2. The quantitative estimate of drug-likeness (QED) is 0.604. The molecule has 2 aromatic carbocycles. The fourth-order valence-corrected chi connectivity index (χ4v) is 4.52. The zero-order valence-corrected chi connectivity index (χ0v) is 17.1. The molecule has 2 heterocycles. The first-order valence-corrected chi connectivity index (χ1v) is 9.70. The highest BCUT2D eigenvalue weighted by Gasteiger charge is 2.60. The van der Waals surface area contributed by atoms with Crippen molar-refractivity contribution in [1.82, 2.24) is 5.32 Å². The Balaban J connectivity index is 1.91. The smallest absolute Gasteiger partial charge is 0.317 e. The van der Waals surface area contributed by atoms with E-state index in [1.165, 1.54) is 12.1 Å². The number of hydrogen-bond acceptors (Lipinski definition) is 5. The van der Waals surface area contributed by atoms with Gasteiger partial charge in [0.1, 0.15) is 11.7 Å². The highest BCUT2D eigenvalue weighted by atomic mass is 32.1. The van der Waals surface area contributed by atoms with Crippen molar-refractivity contribution in [2.75, 3.05) is 18.6 Å². The van der Waals surface area contributed by atoms with Gasteiger partial charge in [0.25, 0.3) is 0 Å².